The first-order valence-corrected chi connectivity index (χ1v) is 6.66. The number of hydrogen-bond donors (Lipinski definition) is 1. The van der Waals surface area contributed by atoms with Crippen molar-refractivity contribution in [3.63, 3.8) is 0 Å². The Hall–Kier alpha value is -2.76. The molecule has 106 valence electrons. The highest BCUT2D eigenvalue weighted by Crippen LogP contribution is 2.25. The monoisotopic (exact) mass is 282 g/mol. The number of pyridine rings is 2. The summed E-state index contributed by atoms with van der Waals surface area (Å²) in [6, 6.07) is 8.87. The van der Waals surface area contributed by atoms with Gasteiger partial charge in [0.25, 0.3) is 0 Å². The minimum Gasteiger partial charge on any atom is -0.310 e. The number of nitrogens with one attached hydrogen (secondary N) is 1. The van der Waals surface area contributed by atoms with Gasteiger partial charge in [0.1, 0.15) is 5.82 Å². The van der Waals surface area contributed by atoms with Gasteiger partial charge in [-0.15, -0.1) is 0 Å². The molecule has 1 fully saturated rings. The molecule has 0 aromatic carbocycles. The third-order valence-corrected chi connectivity index (χ3v) is 3.37. The van der Waals surface area contributed by atoms with E-state index in [1.807, 2.05) is 6.07 Å². The van der Waals surface area contributed by atoms with Gasteiger partial charge in [0, 0.05) is 25.4 Å². The molecule has 1 unspecified atom stereocenters. The molecule has 1 aliphatic rings. The molecule has 3 rings (SSSR count). The van der Waals surface area contributed by atoms with E-state index in [4.69, 9.17) is 0 Å². The predicted molar refractivity (Wildman–Crippen MR) is 77.6 cm³/mol. The lowest BCUT2D eigenvalue weighted by atomic mass is 10.1. The fourth-order valence-corrected chi connectivity index (χ4v) is 2.31. The Bertz CT molecular complexity index is 645. The Morgan fingerprint density at radius 3 is 2.86 bits per heavy atom. The summed E-state index contributed by atoms with van der Waals surface area (Å²) in [6.07, 6.45) is 5.08. The van der Waals surface area contributed by atoms with Crippen molar-refractivity contribution >= 4 is 23.3 Å². The summed E-state index contributed by atoms with van der Waals surface area (Å²) in [6.45, 7) is 0.364. The van der Waals surface area contributed by atoms with Crippen molar-refractivity contribution in [3.8, 4) is 0 Å². The molecule has 0 bridgehead atoms. The van der Waals surface area contributed by atoms with Gasteiger partial charge in [-0.1, -0.05) is 6.07 Å². The number of carbonyl (C=O) groups is 2. The summed E-state index contributed by atoms with van der Waals surface area (Å²) >= 11 is 0. The summed E-state index contributed by atoms with van der Waals surface area (Å²) in [5, 5.41) is 2.73. The van der Waals surface area contributed by atoms with E-state index in [0.29, 0.717) is 12.4 Å². The van der Waals surface area contributed by atoms with Crippen molar-refractivity contribution < 1.29 is 9.59 Å². The molecule has 2 amide bonds. The SMILES string of the molecule is O=C(Nc1ccccn1)C1CC(=O)N(c2cccnc2)C1. The van der Waals surface area contributed by atoms with Crippen LogP contribution in [0.15, 0.2) is 48.9 Å². The van der Waals surface area contributed by atoms with Gasteiger partial charge in [0.15, 0.2) is 0 Å². The Balaban J connectivity index is 1.68. The van der Waals surface area contributed by atoms with Gasteiger partial charge in [-0.3, -0.25) is 14.6 Å². The van der Waals surface area contributed by atoms with Crippen molar-refractivity contribution in [2.24, 2.45) is 5.92 Å². The van der Waals surface area contributed by atoms with Crippen LogP contribution in [0.3, 0.4) is 0 Å². The summed E-state index contributed by atoms with van der Waals surface area (Å²) in [5.74, 6) is -0.132. The van der Waals surface area contributed by atoms with Crippen LogP contribution < -0.4 is 10.2 Å². The Morgan fingerprint density at radius 1 is 1.24 bits per heavy atom. The van der Waals surface area contributed by atoms with Gasteiger partial charge in [-0.25, -0.2) is 4.98 Å². The second-order valence-electron chi connectivity index (χ2n) is 4.82. The van der Waals surface area contributed by atoms with Crippen LogP contribution in [0.2, 0.25) is 0 Å². The molecular formula is C15H14N4O2. The molecule has 0 aliphatic carbocycles. The zero-order valence-electron chi connectivity index (χ0n) is 11.3. The molecule has 0 spiro atoms. The molecular weight excluding hydrogens is 268 g/mol. The Labute approximate surface area is 121 Å². The molecule has 2 aromatic heterocycles. The molecule has 1 saturated heterocycles. The molecule has 2 aromatic rings. The van der Waals surface area contributed by atoms with Gasteiger partial charge in [-0.05, 0) is 24.3 Å². The number of carbonyl (C=O) groups excluding carboxylic acids is 2. The lowest BCUT2D eigenvalue weighted by Crippen LogP contribution is -2.28. The zero-order chi connectivity index (χ0) is 14.7. The van der Waals surface area contributed by atoms with Gasteiger partial charge < -0.3 is 10.2 Å². The van der Waals surface area contributed by atoms with Crippen LogP contribution in [0.25, 0.3) is 0 Å². The number of nitrogens with zero attached hydrogens (tertiary/aromatic N) is 3. The van der Waals surface area contributed by atoms with Crippen molar-refractivity contribution in [2.75, 3.05) is 16.8 Å². The van der Waals surface area contributed by atoms with Crippen molar-refractivity contribution in [1.82, 2.24) is 9.97 Å². The Morgan fingerprint density at radius 2 is 2.14 bits per heavy atom. The van der Waals surface area contributed by atoms with Crippen LogP contribution in [-0.4, -0.2) is 28.3 Å². The normalized spacial score (nSPS) is 17.8. The first-order valence-electron chi connectivity index (χ1n) is 6.66. The third kappa shape index (κ3) is 2.89. The quantitative estimate of drug-likeness (QED) is 0.925. The molecule has 1 aliphatic heterocycles. The first-order chi connectivity index (χ1) is 10.2. The van der Waals surface area contributed by atoms with Gasteiger partial charge in [0.05, 0.1) is 17.8 Å². The van der Waals surface area contributed by atoms with E-state index in [1.54, 1.807) is 47.8 Å². The molecule has 0 saturated carbocycles. The lowest BCUT2D eigenvalue weighted by Gasteiger charge is -2.15. The summed E-state index contributed by atoms with van der Waals surface area (Å²) in [5.41, 5.74) is 0.718. The van der Waals surface area contributed by atoms with E-state index in [1.165, 1.54) is 0 Å². The summed E-state index contributed by atoms with van der Waals surface area (Å²) < 4.78 is 0. The van der Waals surface area contributed by atoms with E-state index in [0.717, 1.165) is 5.69 Å². The van der Waals surface area contributed by atoms with Crippen LogP contribution in [0, 0.1) is 5.92 Å². The van der Waals surface area contributed by atoms with Crippen LogP contribution in [0.1, 0.15) is 6.42 Å². The average Bonchev–Trinajstić information content (AvgIpc) is 2.91. The molecule has 6 nitrogen and oxygen atoms in total. The standard InChI is InChI=1S/C15H14N4O2/c20-14-8-11(10-19(14)12-4-3-6-16-9-12)15(21)18-13-5-1-2-7-17-13/h1-7,9,11H,8,10H2,(H,17,18,21). The number of aromatic nitrogens is 2. The number of amides is 2. The van der Waals surface area contributed by atoms with Crippen LogP contribution in [0.5, 0.6) is 0 Å². The first kappa shape index (κ1) is 13.2. The number of anilines is 2. The molecule has 6 heteroatoms. The molecule has 21 heavy (non-hydrogen) atoms. The molecule has 1 N–H and O–H groups in total. The number of rotatable bonds is 3. The van der Waals surface area contributed by atoms with E-state index in [9.17, 15) is 9.59 Å². The van der Waals surface area contributed by atoms with E-state index >= 15 is 0 Å². The Kier molecular flexibility index (Phi) is 3.59. The average molecular weight is 282 g/mol. The highest BCUT2D eigenvalue weighted by molar-refractivity contribution is 6.03. The van der Waals surface area contributed by atoms with Crippen LogP contribution >= 0.6 is 0 Å². The highest BCUT2D eigenvalue weighted by Gasteiger charge is 2.35. The molecule has 1 atom stereocenters. The maximum absolute atomic E-state index is 12.2. The predicted octanol–water partition coefficient (Wildman–Crippen LogP) is 1.47. The van der Waals surface area contributed by atoms with Gasteiger partial charge in [0.2, 0.25) is 11.8 Å². The van der Waals surface area contributed by atoms with Crippen molar-refractivity contribution in [2.45, 2.75) is 6.42 Å². The minimum absolute atomic E-state index is 0.0656. The smallest absolute Gasteiger partial charge is 0.230 e. The lowest BCUT2D eigenvalue weighted by molar-refractivity contribution is -0.122. The fourth-order valence-electron chi connectivity index (χ4n) is 2.31. The fraction of sp³-hybridized carbons (Fsp3) is 0.200. The van der Waals surface area contributed by atoms with Gasteiger partial charge >= 0.3 is 0 Å². The molecule has 0 radical (unpaired) electrons. The zero-order valence-corrected chi connectivity index (χ0v) is 11.3. The van der Waals surface area contributed by atoms with Crippen LogP contribution in [0.4, 0.5) is 11.5 Å². The number of hydrogen-bond acceptors (Lipinski definition) is 4. The minimum atomic E-state index is -0.375. The maximum atomic E-state index is 12.2. The van der Waals surface area contributed by atoms with E-state index in [2.05, 4.69) is 15.3 Å². The van der Waals surface area contributed by atoms with Crippen molar-refractivity contribution in [1.29, 1.82) is 0 Å². The van der Waals surface area contributed by atoms with E-state index in [-0.39, 0.29) is 24.2 Å². The molecule has 3 heterocycles. The summed E-state index contributed by atoms with van der Waals surface area (Å²) in [7, 11) is 0. The van der Waals surface area contributed by atoms with E-state index < -0.39 is 0 Å². The second kappa shape index (κ2) is 5.70. The van der Waals surface area contributed by atoms with Gasteiger partial charge in [-0.2, -0.15) is 0 Å². The van der Waals surface area contributed by atoms with Crippen LogP contribution in [-0.2, 0) is 9.59 Å². The topological polar surface area (TPSA) is 75.2 Å². The maximum Gasteiger partial charge on any atom is 0.230 e. The summed E-state index contributed by atoms with van der Waals surface area (Å²) in [4.78, 5) is 33.9. The van der Waals surface area contributed by atoms with Crippen molar-refractivity contribution in [3.05, 3.63) is 48.9 Å². The third-order valence-electron chi connectivity index (χ3n) is 3.37. The largest absolute Gasteiger partial charge is 0.310 e. The second-order valence-corrected chi connectivity index (χ2v) is 4.82. The highest BCUT2D eigenvalue weighted by atomic mass is 16.2.